The lowest BCUT2D eigenvalue weighted by molar-refractivity contribution is -0.145. The highest BCUT2D eigenvalue weighted by molar-refractivity contribution is 5.76. The largest absolute Gasteiger partial charge is 0.461 e. The van der Waals surface area contributed by atoms with Crippen molar-refractivity contribution >= 4 is 5.97 Å². The first-order valence-corrected chi connectivity index (χ1v) is 10.3. The fraction of sp³-hybridized carbons (Fsp3) is 0.857. The lowest BCUT2D eigenvalue weighted by atomic mass is 9.55. The Kier molecular flexibility index (Phi) is 4.69. The molecule has 8 atom stereocenters. The molecule has 146 valence electrons. The molecule has 0 aromatic carbocycles. The summed E-state index contributed by atoms with van der Waals surface area (Å²) in [6.07, 6.45) is 4.91. The molecule has 1 N–H and O–H groups in total. The van der Waals surface area contributed by atoms with Crippen LogP contribution in [-0.2, 0) is 14.3 Å². The first-order chi connectivity index (χ1) is 12.3. The SMILES string of the molecule is CC1CN(CC2C(=O)O[C@@H]3CC4=CCCC(C)[C@@]4(C)C(O)[C@H]23)CC(C)O1. The van der Waals surface area contributed by atoms with E-state index in [1.807, 2.05) is 0 Å². The van der Waals surface area contributed by atoms with E-state index in [4.69, 9.17) is 9.47 Å². The van der Waals surface area contributed by atoms with Gasteiger partial charge in [-0.15, -0.1) is 0 Å². The van der Waals surface area contributed by atoms with Gasteiger partial charge in [-0.05, 0) is 32.6 Å². The number of esters is 1. The third kappa shape index (κ3) is 2.83. The maximum atomic E-state index is 12.7. The lowest BCUT2D eigenvalue weighted by Crippen LogP contribution is -2.55. The number of morpholine rings is 1. The summed E-state index contributed by atoms with van der Waals surface area (Å²) in [7, 11) is 0. The van der Waals surface area contributed by atoms with Gasteiger partial charge in [0.1, 0.15) is 6.10 Å². The summed E-state index contributed by atoms with van der Waals surface area (Å²) in [5.41, 5.74) is 1.07. The second-order valence-corrected chi connectivity index (χ2v) is 9.27. The molecule has 0 bridgehead atoms. The number of ether oxygens (including phenoxy) is 2. The van der Waals surface area contributed by atoms with E-state index < -0.39 is 6.10 Å². The van der Waals surface area contributed by atoms with E-state index in [2.05, 4.69) is 38.7 Å². The number of hydrogen-bond acceptors (Lipinski definition) is 5. The summed E-state index contributed by atoms with van der Waals surface area (Å²) in [5.74, 6) is -0.0294. The van der Waals surface area contributed by atoms with E-state index in [-0.39, 0.29) is 41.5 Å². The van der Waals surface area contributed by atoms with Gasteiger partial charge in [0.05, 0.1) is 24.2 Å². The molecule has 1 saturated carbocycles. The fourth-order valence-electron chi connectivity index (χ4n) is 5.99. The van der Waals surface area contributed by atoms with Gasteiger partial charge in [-0.1, -0.05) is 25.5 Å². The Bertz CT molecular complexity index is 595. The van der Waals surface area contributed by atoms with E-state index in [0.717, 1.165) is 32.4 Å². The average Bonchev–Trinajstić information content (AvgIpc) is 2.85. The van der Waals surface area contributed by atoms with Crippen molar-refractivity contribution in [2.24, 2.45) is 23.2 Å². The monoisotopic (exact) mass is 363 g/mol. The van der Waals surface area contributed by atoms with Crippen LogP contribution < -0.4 is 0 Å². The van der Waals surface area contributed by atoms with Crippen LogP contribution in [0.3, 0.4) is 0 Å². The van der Waals surface area contributed by atoms with Gasteiger partial charge in [0.15, 0.2) is 0 Å². The first-order valence-electron chi connectivity index (χ1n) is 10.3. The van der Waals surface area contributed by atoms with Crippen molar-refractivity contribution in [2.75, 3.05) is 19.6 Å². The second kappa shape index (κ2) is 6.61. The molecule has 2 saturated heterocycles. The van der Waals surface area contributed by atoms with Gasteiger partial charge in [0, 0.05) is 37.4 Å². The standard InChI is InChI=1S/C21H33NO4/c1-12-6-5-7-15-8-17-18(19(23)21(12,15)4)16(20(24)26-17)11-22-9-13(2)25-14(3)10-22/h7,12-14,16-19,23H,5-6,8-11H2,1-4H3/t12?,13?,14?,16?,17-,18-,19?,21-/m1/s1. The quantitative estimate of drug-likeness (QED) is 0.603. The Balaban J connectivity index is 1.57. The number of aliphatic hydroxyl groups is 1. The number of carbonyl (C=O) groups excluding carboxylic acids is 1. The number of aliphatic hydroxyl groups excluding tert-OH is 1. The second-order valence-electron chi connectivity index (χ2n) is 9.27. The molecular weight excluding hydrogens is 330 g/mol. The Morgan fingerprint density at radius 1 is 1.27 bits per heavy atom. The normalized spacial score (nSPS) is 49.2. The van der Waals surface area contributed by atoms with Gasteiger partial charge in [0.2, 0.25) is 0 Å². The van der Waals surface area contributed by atoms with Gasteiger partial charge < -0.3 is 14.6 Å². The van der Waals surface area contributed by atoms with Crippen LogP contribution in [0.1, 0.15) is 47.0 Å². The summed E-state index contributed by atoms with van der Waals surface area (Å²) >= 11 is 0. The predicted molar refractivity (Wildman–Crippen MR) is 98.5 cm³/mol. The molecule has 4 aliphatic rings. The van der Waals surface area contributed by atoms with E-state index in [1.165, 1.54) is 5.57 Å². The number of hydrogen-bond donors (Lipinski definition) is 1. The lowest BCUT2D eigenvalue weighted by Gasteiger charge is -2.52. The van der Waals surface area contributed by atoms with Crippen molar-refractivity contribution in [3.05, 3.63) is 11.6 Å². The summed E-state index contributed by atoms with van der Waals surface area (Å²) in [4.78, 5) is 15.0. The first kappa shape index (κ1) is 18.5. The van der Waals surface area contributed by atoms with Gasteiger partial charge in [-0.25, -0.2) is 0 Å². The minimum absolute atomic E-state index is 0.0985. The predicted octanol–water partition coefficient (Wildman–Crippen LogP) is 2.38. The highest BCUT2D eigenvalue weighted by Gasteiger charge is 2.59. The van der Waals surface area contributed by atoms with Crippen LogP contribution in [0.4, 0.5) is 0 Å². The van der Waals surface area contributed by atoms with Gasteiger partial charge in [-0.3, -0.25) is 9.69 Å². The maximum absolute atomic E-state index is 12.7. The van der Waals surface area contributed by atoms with Crippen LogP contribution in [0.5, 0.6) is 0 Å². The number of fused-ring (bicyclic) bond motifs is 2. The Morgan fingerprint density at radius 3 is 2.65 bits per heavy atom. The Labute approximate surface area is 156 Å². The molecule has 5 nitrogen and oxygen atoms in total. The third-order valence-corrected chi connectivity index (χ3v) is 7.52. The highest BCUT2D eigenvalue weighted by Crippen LogP contribution is 2.56. The zero-order valence-electron chi connectivity index (χ0n) is 16.5. The molecular formula is C21H33NO4. The summed E-state index contributed by atoms with van der Waals surface area (Å²) in [5, 5.41) is 11.4. The number of allylic oxidation sites excluding steroid dienone is 1. The molecule has 0 aromatic heterocycles. The van der Waals surface area contributed by atoms with Crippen LogP contribution in [0.2, 0.25) is 0 Å². The van der Waals surface area contributed by atoms with Crippen molar-refractivity contribution in [2.45, 2.75) is 71.4 Å². The molecule has 3 fully saturated rings. The maximum Gasteiger partial charge on any atom is 0.311 e. The van der Waals surface area contributed by atoms with Crippen LogP contribution in [0.25, 0.3) is 0 Å². The number of carbonyl (C=O) groups is 1. The Hall–Kier alpha value is -0.910. The molecule has 2 heterocycles. The van der Waals surface area contributed by atoms with Crippen molar-refractivity contribution in [1.82, 2.24) is 4.90 Å². The highest BCUT2D eigenvalue weighted by atomic mass is 16.6. The minimum Gasteiger partial charge on any atom is -0.461 e. The topological polar surface area (TPSA) is 59.0 Å². The van der Waals surface area contributed by atoms with Gasteiger partial charge in [-0.2, -0.15) is 0 Å². The molecule has 5 unspecified atom stereocenters. The van der Waals surface area contributed by atoms with Crippen LogP contribution in [0, 0.1) is 23.2 Å². The summed E-state index contributed by atoms with van der Waals surface area (Å²) in [6, 6.07) is 0. The molecule has 0 radical (unpaired) electrons. The molecule has 0 aromatic rings. The van der Waals surface area contributed by atoms with Crippen LogP contribution in [-0.4, -0.2) is 60.0 Å². The smallest absolute Gasteiger partial charge is 0.311 e. The summed E-state index contributed by atoms with van der Waals surface area (Å²) < 4.78 is 11.6. The number of rotatable bonds is 2. The number of nitrogens with zero attached hydrogens (tertiary/aromatic N) is 1. The van der Waals surface area contributed by atoms with Crippen LogP contribution in [0.15, 0.2) is 11.6 Å². The van der Waals surface area contributed by atoms with Crippen LogP contribution >= 0.6 is 0 Å². The molecule has 2 aliphatic carbocycles. The molecule has 4 rings (SSSR count). The van der Waals surface area contributed by atoms with Crippen molar-refractivity contribution in [1.29, 1.82) is 0 Å². The van der Waals surface area contributed by atoms with Gasteiger partial charge in [0.25, 0.3) is 0 Å². The van der Waals surface area contributed by atoms with Crippen molar-refractivity contribution in [3.8, 4) is 0 Å². The zero-order chi connectivity index (χ0) is 18.6. The molecule has 26 heavy (non-hydrogen) atoms. The average molecular weight is 363 g/mol. The van der Waals surface area contributed by atoms with E-state index in [9.17, 15) is 9.90 Å². The molecule has 0 spiro atoms. The van der Waals surface area contributed by atoms with E-state index >= 15 is 0 Å². The molecule has 5 heteroatoms. The zero-order valence-corrected chi connectivity index (χ0v) is 16.5. The van der Waals surface area contributed by atoms with E-state index in [1.54, 1.807) is 0 Å². The molecule has 2 aliphatic heterocycles. The summed E-state index contributed by atoms with van der Waals surface area (Å²) in [6.45, 7) is 10.9. The minimum atomic E-state index is -0.518. The third-order valence-electron chi connectivity index (χ3n) is 7.52. The van der Waals surface area contributed by atoms with Crippen molar-refractivity contribution in [3.63, 3.8) is 0 Å². The molecule has 0 amide bonds. The van der Waals surface area contributed by atoms with Crippen molar-refractivity contribution < 1.29 is 19.4 Å². The fourth-order valence-corrected chi connectivity index (χ4v) is 5.99. The van der Waals surface area contributed by atoms with Gasteiger partial charge >= 0.3 is 5.97 Å². The Morgan fingerprint density at radius 2 is 1.96 bits per heavy atom. The van der Waals surface area contributed by atoms with E-state index in [0.29, 0.717) is 12.5 Å².